The Hall–Kier alpha value is -2.21. The summed E-state index contributed by atoms with van der Waals surface area (Å²) in [5, 5.41) is 16.2. The quantitative estimate of drug-likeness (QED) is 0.336. The normalized spacial score (nSPS) is 10.6. The van der Waals surface area contributed by atoms with E-state index >= 15 is 0 Å². The standard InChI is InChI=1S/C13H17N3O3/c1-14-9-2-10-15-13(17)8-5-11-3-6-12(7-4-11)16(18)19/h3-8,14H,2,9-10H2,1H3,(H,15,17)/b8-5+. The molecule has 6 nitrogen and oxygen atoms in total. The molecule has 2 N–H and O–H groups in total. The number of non-ortho nitro benzene ring substituents is 1. The third-order valence-corrected chi connectivity index (χ3v) is 2.43. The molecule has 1 aromatic carbocycles. The van der Waals surface area contributed by atoms with E-state index in [1.807, 2.05) is 7.05 Å². The second-order valence-corrected chi connectivity index (χ2v) is 3.93. The number of nitro groups is 1. The van der Waals surface area contributed by atoms with Crippen molar-refractivity contribution >= 4 is 17.7 Å². The molecule has 1 rings (SSSR count). The molecule has 0 spiro atoms. The van der Waals surface area contributed by atoms with Crippen molar-refractivity contribution in [1.82, 2.24) is 10.6 Å². The van der Waals surface area contributed by atoms with Crippen LogP contribution in [0.4, 0.5) is 5.69 Å². The monoisotopic (exact) mass is 263 g/mol. The molecule has 0 saturated carbocycles. The number of nitro benzene ring substituents is 1. The fourth-order valence-electron chi connectivity index (χ4n) is 1.41. The van der Waals surface area contributed by atoms with Gasteiger partial charge < -0.3 is 10.6 Å². The number of rotatable bonds is 7. The summed E-state index contributed by atoms with van der Waals surface area (Å²) in [7, 11) is 1.86. The largest absolute Gasteiger partial charge is 0.353 e. The molecule has 0 aliphatic carbocycles. The number of hydrogen-bond acceptors (Lipinski definition) is 4. The Labute approximate surface area is 111 Å². The number of carbonyl (C=O) groups is 1. The first-order valence-electron chi connectivity index (χ1n) is 5.98. The van der Waals surface area contributed by atoms with Gasteiger partial charge in [-0.25, -0.2) is 0 Å². The molecule has 0 heterocycles. The highest BCUT2D eigenvalue weighted by Gasteiger charge is 2.02. The van der Waals surface area contributed by atoms with Crippen molar-refractivity contribution in [1.29, 1.82) is 0 Å². The van der Waals surface area contributed by atoms with E-state index in [1.165, 1.54) is 18.2 Å². The highest BCUT2D eigenvalue weighted by atomic mass is 16.6. The lowest BCUT2D eigenvalue weighted by molar-refractivity contribution is -0.384. The molecule has 0 saturated heterocycles. The summed E-state index contributed by atoms with van der Waals surface area (Å²) in [5.41, 5.74) is 0.782. The van der Waals surface area contributed by atoms with Crippen molar-refractivity contribution in [3.8, 4) is 0 Å². The van der Waals surface area contributed by atoms with Crippen LogP contribution in [0.1, 0.15) is 12.0 Å². The molecule has 0 fully saturated rings. The van der Waals surface area contributed by atoms with Gasteiger partial charge >= 0.3 is 0 Å². The summed E-state index contributed by atoms with van der Waals surface area (Å²) in [6, 6.07) is 6.01. The maximum absolute atomic E-state index is 11.4. The third kappa shape index (κ3) is 5.78. The molecule has 1 amide bonds. The number of amides is 1. The first kappa shape index (κ1) is 14.8. The lowest BCUT2D eigenvalue weighted by Crippen LogP contribution is -2.24. The molecule has 0 bridgehead atoms. The molecule has 1 aromatic rings. The van der Waals surface area contributed by atoms with Crippen molar-refractivity contribution in [2.24, 2.45) is 0 Å². The van der Waals surface area contributed by atoms with Crippen LogP contribution in [0, 0.1) is 10.1 Å². The van der Waals surface area contributed by atoms with Gasteiger partial charge in [-0.1, -0.05) is 0 Å². The van der Waals surface area contributed by atoms with Crippen LogP contribution in [-0.2, 0) is 4.79 Å². The predicted octanol–water partition coefficient (Wildman–Crippen LogP) is 1.33. The van der Waals surface area contributed by atoms with Gasteiger partial charge in [0, 0.05) is 24.8 Å². The Bertz CT molecular complexity index is 455. The zero-order chi connectivity index (χ0) is 14.1. The van der Waals surface area contributed by atoms with Gasteiger partial charge in [-0.2, -0.15) is 0 Å². The van der Waals surface area contributed by atoms with E-state index in [0.29, 0.717) is 6.54 Å². The molecule has 102 valence electrons. The van der Waals surface area contributed by atoms with Crippen LogP contribution >= 0.6 is 0 Å². The molecule has 19 heavy (non-hydrogen) atoms. The van der Waals surface area contributed by atoms with E-state index in [1.54, 1.807) is 18.2 Å². The minimum atomic E-state index is -0.456. The van der Waals surface area contributed by atoms with Crippen LogP contribution in [0.5, 0.6) is 0 Å². The van der Waals surface area contributed by atoms with Crippen molar-refractivity contribution in [2.45, 2.75) is 6.42 Å². The van der Waals surface area contributed by atoms with Gasteiger partial charge in [-0.15, -0.1) is 0 Å². The lowest BCUT2D eigenvalue weighted by Gasteiger charge is -2.01. The number of benzene rings is 1. The Kier molecular flexibility index (Phi) is 6.25. The minimum absolute atomic E-state index is 0.0358. The van der Waals surface area contributed by atoms with Gasteiger partial charge in [0.15, 0.2) is 0 Å². The lowest BCUT2D eigenvalue weighted by atomic mass is 10.2. The van der Waals surface area contributed by atoms with Crippen molar-refractivity contribution in [3.05, 3.63) is 46.0 Å². The Morgan fingerprint density at radius 1 is 1.32 bits per heavy atom. The van der Waals surface area contributed by atoms with Crippen LogP contribution in [0.3, 0.4) is 0 Å². The topological polar surface area (TPSA) is 84.3 Å². The van der Waals surface area contributed by atoms with Gasteiger partial charge in [-0.3, -0.25) is 14.9 Å². The minimum Gasteiger partial charge on any atom is -0.353 e. The summed E-state index contributed by atoms with van der Waals surface area (Å²) in [6.45, 7) is 1.47. The Balaban J connectivity index is 2.43. The van der Waals surface area contributed by atoms with Gasteiger partial charge in [-0.05, 0) is 43.8 Å². The maximum atomic E-state index is 11.4. The van der Waals surface area contributed by atoms with Gasteiger partial charge in [0.1, 0.15) is 0 Å². The first-order chi connectivity index (χ1) is 9.13. The van der Waals surface area contributed by atoms with Crippen LogP contribution in [0.15, 0.2) is 30.3 Å². The second kappa shape index (κ2) is 7.99. The van der Waals surface area contributed by atoms with Crippen LogP contribution in [-0.4, -0.2) is 31.0 Å². The molecule has 6 heteroatoms. The van der Waals surface area contributed by atoms with Crippen molar-refractivity contribution in [3.63, 3.8) is 0 Å². The van der Waals surface area contributed by atoms with Crippen LogP contribution in [0.2, 0.25) is 0 Å². The fraction of sp³-hybridized carbons (Fsp3) is 0.308. The molecule has 0 unspecified atom stereocenters. The smallest absolute Gasteiger partial charge is 0.269 e. The first-order valence-corrected chi connectivity index (χ1v) is 5.98. The second-order valence-electron chi connectivity index (χ2n) is 3.93. The maximum Gasteiger partial charge on any atom is 0.269 e. The summed E-state index contributed by atoms with van der Waals surface area (Å²) < 4.78 is 0. The van der Waals surface area contributed by atoms with Gasteiger partial charge in [0.05, 0.1) is 4.92 Å². The van der Waals surface area contributed by atoms with Crippen LogP contribution < -0.4 is 10.6 Å². The van der Waals surface area contributed by atoms with Gasteiger partial charge in [0.25, 0.3) is 5.69 Å². The average Bonchev–Trinajstić information content (AvgIpc) is 2.42. The van der Waals surface area contributed by atoms with E-state index in [4.69, 9.17) is 0 Å². The Morgan fingerprint density at radius 2 is 2.00 bits per heavy atom. The fourth-order valence-corrected chi connectivity index (χ4v) is 1.41. The molecule has 0 aromatic heterocycles. The zero-order valence-corrected chi connectivity index (χ0v) is 10.8. The number of nitrogens with one attached hydrogen (secondary N) is 2. The van der Waals surface area contributed by atoms with E-state index in [2.05, 4.69) is 10.6 Å². The summed E-state index contributed by atoms with van der Waals surface area (Å²) in [6.07, 6.45) is 3.91. The molecular weight excluding hydrogens is 246 g/mol. The van der Waals surface area contributed by atoms with E-state index in [9.17, 15) is 14.9 Å². The number of carbonyl (C=O) groups excluding carboxylic acids is 1. The van der Waals surface area contributed by atoms with Crippen molar-refractivity contribution in [2.75, 3.05) is 20.1 Å². The Morgan fingerprint density at radius 3 is 2.58 bits per heavy atom. The molecular formula is C13H17N3O3. The zero-order valence-electron chi connectivity index (χ0n) is 10.8. The summed E-state index contributed by atoms with van der Waals surface area (Å²) in [4.78, 5) is 21.4. The van der Waals surface area contributed by atoms with Crippen molar-refractivity contribution < 1.29 is 9.72 Å². The third-order valence-electron chi connectivity index (χ3n) is 2.43. The SMILES string of the molecule is CNCCCNC(=O)/C=C/c1ccc([N+](=O)[O-])cc1. The summed E-state index contributed by atoms with van der Waals surface area (Å²) >= 11 is 0. The molecule has 0 radical (unpaired) electrons. The molecule has 0 aliphatic rings. The van der Waals surface area contributed by atoms with Gasteiger partial charge in [0.2, 0.25) is 5.91 Å². The van der Waals surface area contributed by atoms with E-state index in [-0.39, 0.29) is 11.6 Å². The summed E-state index contributed by atoms with van der Waals surface area (Å²) in [5.74, 6) is -0.172. The number of hydrogen-bond donors (Lipinski definition) is 2. The molecule has 0 aliphatic heterocycles. The molecule has 0 atom stereocenters. The van der Waals surface area contributed by atoms with E-state index < -0.39 is 4.92 Å². The predicted molar refractivity (Wildman–Crippen MR) is 73.7 cm³/mol. The highest BCUT2D eigenvalue weighted by molar-refractivity contribution is 5.91. The number of nitrogens with zero attached hydrogens (tertiary/aromatic N) is 1. The van der Waals surface area contributed by atoms with E-state index in [0.717, 1.165) is 18.5 Å². The van der Waals surface area contributed by atoms with Crippen LogP contribution in [0.25, 0.3) is 6.08 Å². The highest BCUT2D eigenvalue weighted by Crippen LogP contribution is 2.12. The average molecular weight is 263 g/mol.